The van der Waals surface area contributed by atoms with Gasteiger partial charge in [-0.15, -0.1) is 11.3 Å². The number of hydrogen-bond donors (Lipinski definition) is 2. The van der Waals surface area contributed by atoms with Crippen LogP contribution in [0, 0.1) is 0 Å². The molecule has 2 rings (SSSR count). The highest BCUT2D eigenvalue weighted by Gasteiger charge is 2.11. The highest BCUT2D eigenvalue weighted by atomic mass is 32.1. The van der Waals surface area contributed by atoms with E-state index >= 15 is 0 Å². The van der Waals surface area contributed by atoms with Gasteiger partial charge in [0.15, 0.2) is 0 Å². The summed E-state index contributed by atoms with van der Waals surface area (Å²) < 4.78 is 0. The van der Waals surface area contributed by atoms with Crippen molar-refractivity contribution in [2.75, 3.05) is 6.54 Å². The summed E-state index contributed by atoms with van der Waals surface area (Å²) in [5, 5.41) is 13.7. The van der Waals surface area contributed by atoms with Crippen LogP contribution < -0.4 is 5.32 Å². The van der Waals surface area contributed by atoms with Gasteiger partial charge in [-0.3, -0.25) is 4.79 Å². The predicted octanol–water partition coefficient (Wildman–Crippen LogP) is 2.98. The van der Waals surface area contributed by atoms with Gasteiger partial charge in [0.05, 0.1) is 10.4 Å². The molecule has 0 aliphatic heterocycles. The van der Waals surface area contributed by atoms with Crippen molar-refractivity contribution in [2.45, 2.75) is 19.8 Å². The molecule has 0 radical (unpaired) electrons. The third kappa shape index (κ3) is 3.92. The van der Waals surface area contributed by atoms with Gasteiger partial charge in [-0.05, 0) is 47.5 Å². The number of carbonyl (C=O) groups excluding carboxylic acids is 1. The monoisotopic (exact) mass is 303 g/mol. The lowest BCUT2D eigenvalue weighted by Gasteiger charge is -2.06. The molecule has 0 aliphatic carbocycles. The van der Waals surface area contributed by atoms with Crippen LogP contribution in [0.4, 0.5) is 0 Å². The molecule has 5 heteroatoms. The van der Waals surface area contributed by atoms with E-state index in [1.54, 1.807) is 18.2 Å². The highest BCUT2D eigenvalue weighted by Crippen LogP contribution is 2.17. The molecule has 1 aromatic heterocycles. The molecule has 0 saturated heterocycles. The van der Waals surface area contributed by atoms with E-state index in [-0.39, 0.29) is 11.5 Å². The number of rotatable bonds is 6. The Bertz CT molecular complexity index is 648. The quantitative estimate of drug-likeness (QED) is 0.862. The largest absolute Gasteiger partial charge is 0.478 e. The van der Waals surface area contributed by atoms with Crippen molar-refractivity contribution in [1.29, 1.82) is 0 Å². The topological polar surface area (TPSA) is 66.4 Å². The Labute approximate surface area is 127 Å². The standard InChI is InChI=1S/C16H17NO3S/c1-2-12-7-9-21-14(12)15(18)17-8-6-11-4-3-5-13(10-11)16(19)20/h3-5,7,9-10H,2,6,8H2,1H3,(H,17,18)(H,19,20). The van der Waals surface area contributed by atoms with E-state index in [0.717, 1.165) is 22.4 Å². The second-order valence-corrected chi connectivity index (χ2v) is 5.56. The first kappa shape index (κ1) is 15.3. The highest BCUT2D eigenvalue weighted by molar-refractivity contribution is 7.12. The van der Waals surface area contributed by atoms with Gasteiger partial charge in [-0.25, -0.2) is 4.79 Å². The summed E-state index contributed by atoms with van der Waals surface area (Å²) in [5.74, 6) is -0.997. The normalized spacial score (nSPS) is 10.3. The Morgan fingerprint density at radius 2 is 2.10 bits per heavy atom. The van der Waals surface area contributed by atoms with Crippen LogP contribution in [0.2, 0.25) is 0 Å². The third-order valence-electron chi connectivity index (χ3n) is 3.21. The van der Waals surface area contributed by atoms with Crippen LogP contribution in [-0.2, 0) is 12.8 Å². The molecule has 0 saturated carbocycles. The van der Waals surface area contributed by atoms with Gasteiger partial charge < -0.3 is 10.4 Å². The van der Waals surface area contributed by atoms with Crippen LogP contribution in [0.5, 0.6) is 0 Å². The molecule has 0 unspecified atom stereocenters. The first-order valence-corrected chi connectivity index (χ1v) is 7.66. The third-order valence-corrected chi connectivity index (χ3v) is 4.16. The predicted molar refractivity (Wildman–Crippen MR) is 83.1 cm³/mol. The molecule has 110 valence electrons. The number of nitrogens with one attached hydrogen (secondary N) is 1. The Morgan fingerprint density at radius 1 is 1.29 bits per heavy atom. The van der Waals surface area contributed by atoms with Crippen molar-refractivity contribution >= 4 is 23.2 Å². The molecular weight excluding hydrogens is 286 g/mol. The molecule has 4 nitrogen and oxygen atoms in total. The lowest BCUT2D eigenvalue weighted by Crippen LogP contribution is -2.25. The molecule has 1 heterocycles. The number of carbonyl (C=O) groups is 2. The van der Waals surface area contributed by atoms with E-state index in [1.807, 2.05) is 24.4 Å². The van der Waals surface area contributed by atoms with E-state index in [9.17, 15) is 9.59 Å². The van der Waals surface area contributed by atoms with Gasteiger partial charge in [-0.2, -0.15) is 0 Å². The minimum atomic E-state index is -0.938. The first-order chi connectivity index (χ1) is 10.1. The minimum absolute atomic E-state index is 0.0590. The van der Waals surface area contributed by atoms with Crippen molar-refractivity contribution in [1.82, 2.24) is 5.32 Å². The maximum Gasteiger partial charge on any atom is 0.335 e. The molecule has 0 aliphatic rings. The zero-order chi connectivity index (χ0) is 15.2. The van der Waals surface area contributed by atoms with Gasteiger partial charge in [0.1, 0.15) is 0 Å². The van der Waals surface area contributed by atoms with Crippen molar-refractivity contribution in [2.24, 2.45) is 0 Å². The van der Waals surface area contributed by atoms with Crippen LogP contribution in [0.3, 0.4) is 0 Å². The molecule has 0 fully saturated rings. The summed E-state index contributed by atoms with van der Waals surface area (Å²) in [5.41, 5.74) is 2.23. The lowest BCUT2D eigenvalue weighted by molar-refractivity contribution is 0.0696. The van der Waals surface area contributed by atoms with Crippen molar-refractivity contribution < 1.29 is 14.7 Å². The summed E-state index contributed by atoms with van der Waals surface area (Å²) in [7, 11) is 0. The Hall–Kier alpha value is -2.14. The maximum absolute atomic E-state index is 12.1. The maximum atomic E-state index is 12.1. The number of amides is 1. The van der Waals surface area contributed by atoms with E-state index in [2.05, 4.69) is 5.32 Å². The number of hydrogen-bond acceptors (Lipinski definition) is 3. The fourth-order valence-corrected chi connectivity index (χ4v) is 2.99. The van der Waals surface area contributed by atoms with Gasteiger partial charge in [0.2, 0.25) is 0 Å². The minimum Gasteiger partial charge on any atom is -0.478 e. The van der Waals surface area contributed by atoms with E-state index in [0.29, 0.717) is 13.0 Å². The van der Waals surface area contributed by atoms with Crippen LogP contribution in [-0.4, -0.2) is 23.5 Å². The molecule has 0 spiro atoms. The number of thiophene rings is 1. The molecule has 0 atom stereocenters. The average Bonchev–Trinajstić information content (AvgIpc) is 2.96. The van der Waals surface area contributed by atoms with E-state index in [1.165, 1.54) is 11.3 Å². The summed E-state index contributed by atoms with van der Waals surface area (Å²) >= 11 is 1.45. The van der Waals surface area contributed by atoms with Gasteiger partial charge in [-0.1, -0.05) is 19.1 Å². The number of aromatic carboxylic acids is 1. The molecule has 1 amide bonds. The van der Waals surface area contributed by atoms with E-state index < -0.39 is 5.97 Å². The molecule has 2 aromatic rings. The Kier molecular flexibility index (Phi) is 5.11. The summed E-state index contributed by atoms with van der Waals surface area (Å²) in [6.45, 7) is 2.51. The van der Waals surface area contributed by atoms with Crippen LogP contribution in [0.1, 0.15) is 38.1 Å². The van der Waals surface area contributed by atoms with E-state index in [4.69, 9.17) is 5.11 Å². The Morgan fingerprint density at radius 3 is 2.81 bits per heavy atom. The molecule has 21 heavy (non-hydrogen) atoms. The summed E-state index contributed by atoms with van der Waals surface area (Å²) in [6, 6.07) is 8.74. The number of aryl methyl sites for hydroxylation is 1. The second kappa shape index (κ2) is 7.04. The van der Waals surface area contributed by atoms with Crippen LogP contribution in [0.25, 0.3) is 0 Å². The zero-order valence-corrected chi connectivity index (χ0v) is 12.6. The fraction of sp³-hybridized carbons (Fsp3) is 0.250. The molecule has 1 aromatic carbocycles. The van der Waals surface area contributed by atoms with Crippen LogP contribution >= 0.6 is 11.3 Å². The van der Waals surface area contributed by atoms with Gasteiger partial charge in [0.25, 0.3) is 5.91 Å². The summed E-state index contributed by atoms with van der Waals surface area (Å²) in [4.78, 5) is 23.7. The second-order valence-electron chi connectivity index (χ2n) is 4.64. The smallest absolute Gasteiger partial charge is 0.335 e. The molecule has 0 bridgehead atoms. The lowest BCUT2D eigenvalue weighted by atomic mass is 10.1. The summed E-state index contributed by atoms with van der Waals surface area (Å²) in [6.07, 6.45) is 1.45. The number of carboxylic acids is 1. The van der Waals surface area contributed by atoms with Gasteiger partial charge >= 0.3 is 5.97 Å². The molecule has 2 N–H and O–H groups in total. The van der Waals surface area contributed by atoms with Crippen molar-refractivity contribution in [3.05, 3.63) is 57.3 Å². The average molecular weight is 303 g/mol. The zero-order valence-electron chi connectivity index (χ0n) is 11.8. The first-order valence-electron chi connectivity index (χ1n) is 6.78. The Balaban J connectivity index is 1.91. The van der Waals surface area contributed by atoms with Gasteiger partial charge in [0, 0.05) is 6.54 Å². The SMILES string of the molecule is CCc1ccsc1C(=O)NCCc1cccc(C(=O)O)c1. The van der Waals surface area contributed by atoms with Crippen molar-refractivity contribution in [3.8, 4) is 0 Å². The van der Waals surface area contributed by atoms with Crippen molar-refractivity contribution in [3.63, 3.8) is 0 Å². The fourth-order valence-electron chi connectivity index (χ4n) is 2.07. The molecular formula is C16H17NO3S. The van der Waals surface area contributed by atoms with Crippen LogP contribution in [0.15, 0.2) is 35.7 Å². The number of benzene rings is 1. The number of carboxylic acid groups (broad SMARTS) is 1.